The van der Waals surface area contributed by atoms with Gasteiger partial charge in [-0.25, -0.2) is 4.79 Å². The van der Waals surface area contributed by atoms with Crippen molar-refractivity contribution in [1.82, 2.24) is 9.55 Å². The molecule has 0 bridgehead atoms. The van der Waals surface area contributed by atoms with Crippen LogP contribution in [0, 0.1) is 3.57 Å². The van der Waals surface area contributed by atoms with Crippen LogP contribution in [0.25, 0.3) is 0 Å². The fraction of sp³-hybridized carbons (Fsp3) is 0.0909. The summed E-state index contributed by atoms with van der Waals surface area (Å²) in [5.74, 6) is 0. The number of aromatic amines is 1. The van der Waals surface area contributed by atoms with Gasteiger partial charge < -0.3 is 0 Å². The Kier molecular flexibility index (Phi) is 4.29. The van der Waals surface area contributed by atoms with Crippen LogP contribution in [0.4, 0.5) is 0 Å². The first-order chi connectivity index (χ1) is 8.47. The van der Waals surface area contributed by atoms with E-state index in [0.29, 0.717) is 15.1 Å². The highest BCUT2D eigenvalue weighted by Gasteiger charge is 2.06. The van der Waals surface area contributed by atoms with Gasteiger partial charge in [-0.1, -0.05) is 33.6 Å². The van der Waals surface area contributed by atoms with Crippen LogP contribution in [0.15, 0.2) is 38.5 Å². The molecular formula is C11H7BrClIN2O2. The smallest absolute Gasteiger partial charge is 0.295 e. The summed E-state index contributed by atoms with van der Waals surface area (Å²) in [6.07, 6.45) is 1.51. The minimum Gasteiger partial charge on any atom is -0.295 e. The van der Waals surface area contributed by atoms with Gasteiger partial charge in [0.25, 0.3) is 5.56 Å². The summed E-state index contributed by atoms with van der Waals surface area (Å²) in [6, 6.07) is 5.44. The first kappa shape index (κ1) is 13.8. The van der Waals surface area contributed by atoms with Gasteiger partial charge in [0.2, 0.25) is 0 Å². The molecule has 0 amide bonds. The third-order valence-corrected chi connectivity index (χ3v) is 3.94. The molecule has 0 aliphatic carbocycles. The molecule has 18 heavy (non-hydrogen) atoms. The van der Waals surface area contributed by atoms with Gasteiger partial charge >= 0.3 is 5.69 Å². The number of benzene rings is 1. The lowest BCUT2D eigenvalue weighted by molar-refractivity contribution is 0.715. The summed E-state index contributed by atoms with van der Waals surface area (Å²) in [6.45, 7) is 0.317. The van der Waals surface area contributed by atoms with Gasteiger partial charge in [-0.05, 0) is 40.3 Å². The molecule has 94 valence electrons. The Bertz CT molecular complexity index is 711. The van der Waals surface area contributed by atoms with E-state index < -0.39 is 5.69 Å². The van der Waals surface area contributed by atoms with E-state index in [9.17, 15) is 9.59 Å². The van der Waals surface area contributed by atoms with Crippen molar-refractivity contribution in [2.75, 3.05) is 0 Å². The van der Waals surface area contributed by atoms with Crippen LogP contribution in [0.3, 0.4) is 0 Å². The number of H-pyrrole nitrogens is 1. The third-order valence-electron chi connectivity index (χ3n) is 2.32. The van der Waals surface area contributed by atoms with Gasteiger partial charge in [0.15, 0.2) is 0 Å². The van der Waals surface area contributed by atoms with Crippen LogP contribution in [0.2, 0.25) is 5.02 Å². The normalized spacial score (nSPS) is 10.6. The molecule has 0 aliphatic rings. The molecule has 1 N–H and O–H groups in total. The zero-order chi connectivity index (χ0) is 13.3. The number of nitrogens with one attached hydrogen (secondary N) is 1. The predicted octanol–water partition coefficient (Wildman–Crippen LogP) is 2.61. The second-order valence-electron chi connectivity index (χ2n) is 3.60. The van der Waals surface area contributed by atoms with Gasteiger partial charge in [-0.15, -0.1) is 0 Å². The van der Waals surface area contributed by atoms with E-state index in [0.717, 1.165) is 10.0 Å². The quantitative estimate of drug-likeness (QED) is 0.729. The second-order valence-corrected chi connectivity index (χ2v) is 6.09. The van der Waals surface area contributed by atoms with Crippen molar-refractivity contribution in [1.29, 1.82) is 0 Å². The average molecular weight is 441 g/mol. The molecule has 2 rings (SSSR count). The van der Waals surface area contributed by atoms with Crippen molar-refractivity contribution in [3.63, 3.8) is 0 Å². The average Bonchev–Trinajstić information content (AvgIpc) is 2.29. The van der Waals surface area contributed by atoms with E-state index in [2.05, 4.69) is 20.9 Å². The van der Waals surface area contributed by atoms with E-state index in [-0.39, 0.29) is 5.56 Å². The molecule has 0 saturated carbocycles. The van der Waals surface area contributed by atoms with Gasteiger partial charge in [0.1, 0.15) is 0 Å². The summed E-state index contributed by atoms with van der Waals surface area (Å²) in [4.78, 5) is 25.1. The summed E-state index contributed by atoms with van der Waals surface area (Å²) < 4.78 is 2.75. The highest BCUT2D eigenvalue weighted by atomic mass is 127. The van der Waals surface area contributed by atoms with Crippen molar-refractivity contribution < 1.29 is 0 Å². The predicted molar refractivity (Wildman–Crippen MR) is 82.3 cm³/mol. The van der Waals surface area contributed by atoms with Crippen molar-refractivity contribution in [3.8, 4) is 0 Å². The largest absolute Gasteiger partial charge is 0.328 e. The Morgan fingerprint density at radius 3 is 2.78 bits per heavy atom. The molecule has 1 aromatic heterocycles. The first-order valence-corrected chi connectivity index (χ1v) is 7.15. The zero-order valence-corrected chi connectivity index (χ0v) is 13.4. The van der Waals surface area contributed by atoms with Crippen molar-refractivity contribution in [3.05, 3.63) is 63.9 Å². The van der Waals surface area contributed by atoms with E-state index >= 15 is 0 Å². The van der Waals surface area contributed by atoms with Gasteiger partial charge in [0.05, 0.1) is 10.1 Å². The molecule has 0 fully saturated rings. The van der Waals surface area contributed by atoms with Crippen LogP contribution in [0.1, 0.15) is 5.56 Å². The second kappa shape index (κ2) is 5.58. The Balaban J connectivity index is 2.43. The van der Waals surface area contributed by atoms with Crippen molar-refractivity contribution in [2.24, 2.45) is 0 Å². The lowest BCUT2D eigenvalue weighted by atomic mass is 10.2. The summed E-state index contributed by atoms with van der Waals surface area (Å²) in [5, 5.41) is 0.567. The molecule has 1 heterocycles. The summed E-state index contributed by atoms with van der Waals surface area (Å²) in [5.41, 5.74) is -0.0111. The molecule has 0 unspecified atom stereocenters. The molecule has 0 aliphatic heterocycles. The first-order valence-electron chi connectivity index (χ1n) is 4.90. The topological polar surface area (TPSA) is 54.9 Å². The highest BCUT2D eigenvalue weighted by Crippen LogP contribution is 2.21. The van der Waals surface area contributed by atoms with E-state index in [1.807, 2.05) is 34.7 Å². The minimum absolute atomic E-state index is 0.317. The lowest BCUT2D eigenvalue weighted by Crippen LogP contribution is -2.31. The van der Waals surface area contributed by atoms with Crippen molar-refractivity contribution in [2.45, 2.75) is 6.54 Å². The highest BCUT2D eigenvalue weighted by molar-refractivity contribution is 14.1. The van der Waals surface area contributed by atoms with Crippen LogP contribution in [-0.4, -0.2) is 9.55 Å². The van der Waals surface area contributed by atoms with Gasteiger partial charge in [-0.2, -0.15) is 0 Å². The van der Waals surface area contributed by atoms with Crippen LogP contribution in [-0.2, 0) is 6.54 Å². The molecule has 0 spiro atoms. The lowest BCUT2D eigenvalue weighted by Gasteiger charge is -2.07. The van der Waals surface area contributed by atoms with E-state index in [1.165, 1.54) is 10.8 Å². The Morgan fingerprint density at radius 1 is 1.39 bits per heavy atom. The molecular weight excluding hydrogens is 434 g/mol. The maximum atomic E-state index is 11.6. The summed E-state index contributed by atoms with van der Waals surface area (Å²) >= 11 is 11.3. The molecule has 0 atom stereocenters. The molecule has 1 aromatic carbocycles. The maximum Gasteiger partial charge on any atom is 0.328 e. The number of nitrogens with zero attached hydrogens (tertiary/aromatic N) is 1. The fourth-order valence-corrected chi connectivity index (χ4v) is 2.64. The molecule has 2 aromatic rings. The summed E-state index contributed by atoms with van der Waals surface area (Å²) in [7, 11) is 0. The van der Waals surface area contributed by atoms with Gasteiger partial charge in [0, 0.05) is 15.7 Å². The monoisotopic (exact) mass is 440 g/mol. The number of halogens is 3. The Labute approximate surface area is 129 Å². The van der Waals surface area contributed by atoms with E-state index in [1.54, 1.807) is 6.07 Å². The molecule has 4 nitrogen and oxygen atoms in total. The number of rotatable bonds is 2. The number of aromatic nitrogens is 2. The number of hydrogen-bond donors (Lipinski definition) is 1. The SMILES string of the molecule is O=c1[nH]c(=O)n(Cc2ccc(Br)cc2Cl)cc1I. The maximum absolute atomic E-state index is 11.6. The standard InChI is InChI=1S/C11H7BrClIN2O2/c12-7-2-1-6(8(13)3-7)4-16-5-9(14)10(17)15-11(16)18/h1-3,5H,4H2,(H,15,17,18). The Morgan fingerprint density at radius 2 is 2.11 bits per heavy atom. The Hall–Kier alpha value is -0.600. The molecule has 0 saturated heterocycles. The third kappa shape index (κ3) is 3.04. The molecule has 7 heteroatoms. The number of hydrogen-bond acceptors (Lipinski definition) is 2. The van der Waals surface area contributed by atoms with Crippen molar-refractivity contribution >= 4 is 50.1 Å². The minimum atomic E-state index is -0.445. The molecule has 0 radical (unpaired) electrons. The fourth-order valence-electron chi connectivity index (χ4n) is 1.43. The van der Waals surface area contributed by atoms with Crippen LogP contribution >= 0.6 is 50.1 Å². The van der Waals surface area contributed by atoms with Crippen LogP contribution < -0.4 is 11.2 Å². The van der Waals surface area contributed by atoms with E-state index in [4.69, 9.17) is 11.6 Å². The van der Waals surface area contributed by atoms with Gasteiger partial charge in [-0.3, -0.25) is 14.3 Å². The van der Waals surface area contributed by atoms with Crippen LogP contribution in [0.5, 0.6) is 0 Å². The zero-order valence-electron chi connectivity index (χ0n) is 8.91.